The molecule has 0 aromatic rings. The minimum absolute atomic E-state index is 0.0830. The number of hydrogen-bond donors (Lipinski definition) is 4. The molecule has 13 heteroatoms. The lowest BCUT2D eigenvalue weighted by Gasteiger charge is -2.20. The van der Waals surface area contributed by atoms with Crippen molar-refractivity contribution in [2.24, 2.45) is 5.73 Å². The van der Waals surface area contributed by atoms with Crippen molar-refractivity contribution in [2.75, 3.05) is 19.8 Å². The average Bonchev–Trinajstić information content (AvgIpc) is 3.26. The summed E-state index contributed by atoms with van der Waals surface area (Å²) in [5.41, 5.74) is 5.33. The van der Waals surface area contributed by atoms with Crippen LogP contribution >= 0.6 is 7.82 Å². The number of allylic oxidation sites excluding steroid dienone is 15. The molecular weight excluding hydrogens is 822 g/mol. The lowest BCUT2D eigenvalue weighted by molar-refractivity contribution is -0.161. The number of esters is 2. The summed E-state index contributed by atoms with van der Waals surface area (Å²) < 4.78 is 32.6. The number of aliphatic hydroxyl groups is 1. The number of carbonyl (C=O) groups excluding carboxylic acids is 2. The summed E-state index contributed by atoms with van der Waals surface area (Å²) in [6.07, 6.45) is 52.2. The Morgan fingerprint density at radius 3 is 1.63 bits per heavy atom. The number of carboxylic acids is 1. The van der Waals surface area contributed by atoms with Gasteiger partial charge in [-0.3, -0.25) is 23.4 Å². The predicted octanol–water partition coefficient (Wildman–Crippen LogP) is 11.8. The molecule has 0 saturated heterocycles. The summed E-state index contributed by atoms with van der Waals surface area (Å²) in [5, 5.41) is 19.2. The zero-order chi connectivity index (χ0) is 46.5. The van der Waals surface area contributed by atoms with E-state index in [-0.39, 0.29) is 19.3 Å². The molecule has 0 aromatic heterocycles. The highest BCUT2D eigenvalue weighted by Crippen LogP contribution is 2.43. The Hall–Kier alpha value is -3.64. The fourth-order valence-corrected chi connectivity index (χ4v) is 6.51. The third kappa shape index (κ3) is 43.4. The van der Waals surface area contributed by atoms with Crippen LogP contribution in [0, 0.1) is 0 Å². The maximum atomic E-state index is 12.7. The zero-order valence-electron chi connectivity index (χ0n) is 38.5. The van der Waals surface area contributed by atoms with Gasteiger partial charge in [0.1, 0.15) is 12.6 Å². The van der Waals surface area contributed by atoms with Gasteiger partial charge in [-0.15, -0.1) is 0 Å². The van der Waals surface area contributed by atoms with E-state index in [0.717, 1.165) is 70.6 Å². The minimum atomic E-state index is -4.78. The Balaban J connectivity index is 4.55. The van der Waals surface area contributed by atoms with Crippen molar-refractivity contribution in [1.29, 1.82) is 0 Å². The molecule has 0 spiro atoms. The predicted molar refractivity (Wildman–Crippen MR) is 255 cm³/mol. The summed E-state index contributed by atoms with van der Waals surface area (Å²) in [7, 11) is -4.78. The molecule has 0 radical (unpaired) electrons. The van der Waals surface area contributed by atoms with Crippen molar-refractivity contribution < 1.29 is 52.6 Å². The molecule has 0 aromatic carbocycles. The summed E-state index contributed by atoms with van der Waals surface area (Å²) >= 11 is 0. The third-order valence-electron chi connectivity index (χ3n) is 9.43. The van der Waals surface area contributed by atoms with Crippen molar-refractivity contribution in [1.82, 2.24) is 0 Å². The first-order chi connectivity index (χ1) is 30.5. The van der Waals surface area contributed by atoms with Crippen molar-refractivity contribution in [3.63, 3.8) is 0 Å². The highest BCUT2D eigenvalue weighted by atomic mass is 31.2. The van der Waals surface area contributed by atoms with Gasteiger partial charge in [0.25, 0.3) is 0 Å². The largest absolute Gasteiger partial charge is 0.480 e. The van der Waals surface area contributed by atoms with Crippen molar-refractivity contribution in [3.05, 3.63) is 97.2 Å². The first-order valence-corrected chi connectivity index (χ1v) is 24.9. The summed E-state index contributed by atoms with van der Waals surface area (Å²) in [6, 6.07) is -1.56. The second-order valence-corrected chi connectivity index (χ2v) is 16.8. The molecule has 63 heavy (non-hydrogen) atoms. The summed E-state index contributed by atoms with van der Waals surface area (Å²) in [5.74, 6) is -2.70. The second kappa shape index (κ2) is 43.6. The second-order valence-electron chi connectivity index (χ2n) is 15.4. The van der Waals surface area contributed by atoms with Gasteiger partial charge >= 0.3 is 25.7 Å². The van der Waals surface area contributed by atoms with Crippen LogP contribution < -0.4 is 5.73 Å². The standard InChI is InChI=1S/C50H82NO11P/c1-3-5-7-9-11-13-15-17-19-21-22-23-25-27-29-31-33-35-37-39-49(54)62-46(43-60-63(57,58)61-44-47(51)50(55)56)42-59-48(53)41-40-45(52)38-36-34-32-30-28-26-24-20-18-16-14-12-10-8-6-4-2/h6,8,11-14,17-20,26,28,32,34,36,38,45-47,52H,3-5,7,9-10,15-16,21-25,27,29-31,33,35,37,39-44,51H2,1-2H3,(H,55,56)(H,57,58)/b8-6-,13-11-,14-12-,19-17-,20-18-,28-26-,34-32-,38-36-/t45?,46-,47+/m1/s1. The van der Waals surface area contributed by atoms with E-state index in [1.165, 1.54) is 51.4 Å². The van der Waals surface area contributed by atoms with Gasteiger partial charge < -0.3 is 30.3 Å². The third-order valence-corrected chi connectivity index (χ3v) is 10.4. The molecule has 4 atom stereocenters. The van der Waals surface area contributed by atoms with Gasteiger partial charge in [-0.25, -0.2) is 4.57 Å². The van der Waals surface area contributed by atoms with Gasteiger partial charge in [-0.05, 0) is 77.0 Å². The van der Waals surface area contributed by atoms with Crippen LogP contribution in [0.2, 0.25) is 0 Å². The van der Waals surface area contributed by atoms with Gasteiger partial charge in [0.05, 0.1) is 19.3 Å². The average molecular weight is 904 g/mol. The van der Waals surface area contributed by atoms with Gasteiger partial charge in [0, 0.05) is 12.8 Å². The van der Waals surface area contributed by atoms with E-state index >= 15 is 0 Å². The van der Waals surface area contributed by atoms with Crippen LogP contribution in [0.5, 0.6) is 0 Å². The molecule has 0 saturated carbocycles. The number of rotatable bonds is 42. The molecule has 0 heterocycles. The van der Waals surface area contributed by atoms with Crippen molar-refractivity contribution >= 4 is 25.7 Å². The number of aliphatic carboxylic acids is 1. The van der Waals surface area contributed by atoms with Crippen LogP contribution in [0.1, 0.15) is 162 Å². The number of phosphoric acid groups is 1. The Bertz CT molecular complexity index is 1450. The first-order valence-electron chi connectivity index (χ1n) is 23.4. The highest BCUT2D eigenvalue weighted by molar-refractivity contribution is 7.47. The monoisotopic (exact) mass is 904 g/mol. The summed E-state index contributed by atoms with van der Waals surface area (Å²) in [4.78, 5) is 46.1. The highest BCUT2D eigenvalue weighted by Gasteiger charge is 2.28. The molecule has 0 aliphatic heterocycles. The van der Waals surface area contributed by atoms with Crippen LogP contribution in [0.4, 0.5) is 0 Å². The van der Waals surface area contributed by atoms with Crippen LogP contribution in [-0.4, -0.2) is 71.1 Å². The van der Waals surface area contributed by atoms with Gasteiger partial charge in [0.2, 0.25) is 0 Å². The van der Waals surface area contributed by atoms with E-state index in [2.05, 4.69) is 91.3 Å². The van der Waals surface area contributed by atoms with Crippen LogP contribution in [0.15, 0.2) is 97.2 Å². The van der Waals surface area contributed by atoms with Crippen molar-refractivity contribution in [3.8, 4) is 0 Å². The lowest BCUT2D eigenvalue weighted by atomic mass is 10.1. The van der Waals surface area contributed by atoms with Gasteiger partial charge in [0.15, 0.2) is 6.10 Å². The number of unbranched alkanes of at least 4 members (excludes halogenated alkanes) is 12. The van der Waals surface area contributed by atoms with Crippen LogP contribution in [-0.2, 0) is 37.5 Å². The zero-order valence-corrected chi connectivity index (χ0v) is 39.4. The number of carbonyl (C=O) groups is 3. The van der Waals surface area contributed by atoms with E-state index in [0.29, 0.717) is 6.42 Å². The first kappa shape index (κ1) is 59.4. The van der Waals surface area contributed by atoms with Gasteiger partial charge in [-0.2, -0.15) is 0 Å². The molecule has 358 valence electrons. The number of nitrogens with two attached hydrogens (primary N) is 1. The topological polar surface area (TPSA) is 192 Å². The Morgan fingerprint density at radius 2 is 1.08 bits per heavy atom. The molecule has 2 unspecified atom stereocenters. The fourth-order valence-electron chi connectivity index (χ4n) is 5.73. The van der Waals surface area contributed by atoms with Crippen LogP contribution in [0.3, 0.4) is 0 Å². The normalized spacial score (nSPS) is 15.0. The Kier molecular flexibility index (Phi) is 41.1. The van der Waals surface area contributed by atoms with E-state index in [9.17, 15) is 28.9 Å². The Labute approximate surface area is 379 Å². The van der Waals surface area contributed by atoms with Gasteiger partial charge in [-0.1, -0.05) is 169 Å². The number of ether oxygens (including phenoxy) is 2. The van der Waals surface area contributed by atoms with Crippen LogP contribution in [0.25, 0.3) is 0 Å². The molecule has 0 amide bonds. The number of carboxylic acid groups (broad SMARTS) is 1. The Morgan fingerprint density at radius 1 is 0.587 bits per heavy atom. The molecule has 0 bridgehead atoms. The molecule has 0 aliphatic rings. The molecule has 0 aliphatic carbocycles. The molecule has 5 N–H and O–H groups in total. The molecule has 0 fully saturated rings. The maximum Gasteiger partial charge on any atom is 0.472 e. The quantitative estimate of drug-likeness (QED) is 0.0149. The van der Waals surface area contributed by atoms with E-state index in [4.69, 9.17) is 24.8 Å². The fraction of sp³-hybridized carbons (Fsp3) is 0.620. The van der Waals surface area contributed by atoms with E-state index in [1.807, 2.05) is 12.2 Å². The number of aliphatic hydroxyl groups excluding tert-OH is 1. The number of phosphoric ester groups is 1. The molecule has 12 nitrogen and oxygen atoms in total. The lowest BCUT2D eigenvalue weighted by Crippen LogP contribution is -2.34. The smallest absolute Gasteiger partial charge is 0.472 e. The van der Waals surface area contributed by atoms with E-state index in [1.54, 1.807) is 12.2 Å². The number of hydrogen-bond acceptors (Lipinski definition) is 10. The maximum absolute atomic E-state index is 12.7. The molecular formula is C50H82NO11P. The SMILES string of the molecule is CC/C=C\C/C=C\C/C=C\C/C=C\C/C=C\C=C/C(O)CCC(=O)OC[C@H](COP(=O)(O)OC[C@H](N)C(=O)O)OC(=O)CCCCCCCCCCC/C=C\C/C=C\CCCCC. The van der Waals surface area contributed by atoms with Crippen molar-refractivity contribution in [2.45, 2.75) is 180 Å². The minimum Gasteiger partial charge on any atom is -0.480 e. The molecule has 0 rings (SSSR count). The van der Waals surface area contributed by atoms with E-state index < -0.39 is 63.8 Å². The summed E-state index contributed by atoms with van der Waals surface area (Å²) in [6.45, 7) is 2.41.